The van der Waals surface area contributed by atoms with Crippen LogP contribution in [-0.2, 0) is 20.0 Å². The summed E-state index contributed by atoms with van der Waals surface area (Å²) in [5.41, 5.74) is -4.61. The minimum absolute atomic E-state index is 0.288. The minimum atomic E-state index is -5.96. The van der Waals surface area contributed by atoms with Gasteiger partial charge in [-0.05, 0) is 37.7 Å². The van der Waals surface area contributed by atoms with Gasteiger partial charge in [-0.1, -0.05) is 43.3 Å². The van der Waals surface area contributed by atoms with Crippen molar-refractivity contribution in [2.75, 3.05) is 14.1 Å². The number of likely N-dealkylation sites (N-methyl/N-ethyl adjacent to an activating group) is 1. The van der Waals surface area contributed by atoms with Gasteiger partial charge in [0.05, 0.1) is 10.9 Å². The van der Waals surface area contributed by atoms with Gasteiger partial charge in [0.2, 0.25) is 0 Å². The van der Waals surface area contributed by atoms with Gasteiger partial charge < -0.3 is 9.50 Å². The molecule has 1 heterocycles. The van der Waals surface area contributed by atoms with Crippen LogP contribution in [0.3, 0.4) is 0 Å². The highest BCUT2D eigenvalue weighted by Crippen LogP contribution is 2.39. The molecule has 0 radical (unpaired) electrons. The Morgan fingerprint density at radius 1 is 1.09 bits per heavy atom. The summed E-state index contributed by atoms with van der Waals surface area (Å²) in [6.45, 7) is 1.83. The van der Waals surface area contributed by atoms with Crippen molar-refractivity contribution in [3.63, 3.8) is 0 Å². The summed E-state index contributed by atoms with van der Waals surface area (Å²) in [6.07, 6.45) is 0.450. The summed E-state index contributed by atoms with van der Waals surface area (Å²) >= 11 is 0. The summed E-state index contributed by atoms with van der Waals surface area (Å²) in [6, 6.07) is 11.0. The van der Waals surface area contributed by atoms with Crippen LogP contribution in [0, 0.1) is 0 Å². The molecule has 1 aliphatic heterocycles. The Bertz CT molecular complexity index is 1180. The molecule has 0 saturated carbocycles. The van der Waals surface area contributed by atoms with E-state index >= 15 is 0 Å². The van der Waals surface area contributed by atoms with Crippen molar-refractivity contribution >= 4 is 20.0 Å². The summed E-state index contributed by atoms with van der Waals surface area (Å²) in [7, 11) is -6.91. The van der Waals surface area contributed by atoms with E-state index in [9.17, 15) is 30.0 Å². The fraction of sp³-hybridized carbons (Fsp3) is 0.400. The summed E-state index contributed by atoms with van der Waals surface area (Å²) < 4.78 is 92.7. The van der Waals surface area contributed by atoms with Crippen molar-refractivity contribution in [2.45, 2.75) is 41.2 Å². The maximum atomic E-state index is 13.6. The lowest BCUT2D eigenvalue weighted by Gasteiger charge is -2.31. The SMILES string of the molecule is CCC1NC(c2ccccc2)c2ccc(OS(=O)(=O)C(F)(F)F)cc2S(=O)(=O)C1N(C)C. The Hall–Kier alpha value is -2.15. The first-order chi connectivity index (χ1) is 14.8. The third-order valence-electron chi connectivity index (χ3n) is 5.22. The van der Waals surface area contributed by atoms with E-state index in [4.69, 9.17) is 0 Å². The van der Waals surface area contributed by atoms with Crippen molar-refractivity contribution in [3.05, 3.63) is 59.7 Å². The van der Waals surface area contributed by atoms with E-state index in [1.807, 2.05) is 6.92 Å². The molecular formula is C20H23F3N2O5S2. The minimum Gasteiger partial charge on any atom is -0.376 e. The van der Waals surface area contributed by atoms with Gasteiger partial charge in [0.1, 0.15) is 11.1 Å². The largest absolute Gasteiger partial charge is 0.534 e. The fourth-order valence-corrected chi connectivity index (χ4v) is 6.60. The quantitative estimate of drug-likeness (QED) is 0.507. The molecule has 2 aromatic rings. The predicted molar refractivity (Wildman–Crippen MR) is 112 cm³/mol. The van der Waals surface area contributed by atoms with E-state index in [-0.39, 0.29) is 10.5 Å². The van der Waals surface area contributed by atoms with Crippen molar-refractivity contribution in [2.24, 2.45) is 0 Å². The highest BCUT2D eigenvalue weighted by atomic mass is 32.2. The van der Waals surface area contributed by atoms with E-state index in [1.54, 1.807) is 44.4 Å². The van der Waals surface area contributed by atoms with Crippen LogP contribution < -0.4 is 9.50 Å². The van der Waals surface area contributed by atoms with Crippen molar-refractivity contribution < 1.29 is 34.2 Å². The number of nitrogens with one attached hydrogen (secondary N) is 1. The average Bonchev–Trinajstić information content (AvgIpc) is 2.79. The maximum absolute atomic E-state index is 13.6. The molecule has 32 heavy (non-hydrogen) atoms. The Labute approximate surface area is 185 Å². The molecule has 3 atom stereocenters. The molecule has 1 N–H and O–H groups in total. The monoisotopic (exact) mass is 492 g/mol. The van der Waals surface area contributed by atoms with E-state index in [0.29, 0.717) is 6.42 Å². The molecule has 0 aromatic heterocycles. The average molecular weight is 493 g/mol. The van der Waals surface area contributed by atoms with Crippen LogP contribution in [0.1, 0.15) is 30.5 Å². The number of benzene rings is 2. The summed E-state index contributed by atoms with van der Waals surface area (Å²) in [5, 5.41) is 2.31. The Kier molecular flexibility index (Phi) is 6.62. The van der Waals surface area contributed by atoms with Gasteiger partial charge in [0.25, 0.3) is 0 Å². The normalized spacial score (nSPS) is 23.4. The number of hydrogen-bond donors (Lipinski definition) is 1. The zero-order valence-electron chi connectivity index (χ0n) is 17.5. The molecule has 0 amide bonds. The van der Waals surface area contributed by atoms with Crippen molar-refractivity contribution in [1.29, 1.82) is 0 Å². The topological polar surface area (TPSA) is 92.8 Å². The molecule has 12 heteroatoms. The molecule has 1 aliphatic rings. The second-order valence-electron chi connectivity index (χ2n) is 7.61. The Morgan fingerprint density at radius 2 is 1.72 bits per heavy atom. The van der Waals surface area contributed by atoms with Crippen LogP contribution in [0.25, 0.3) is 0 Å². The van der Waals surface area contributed by atoms with Crippen molar-refractivity contribution in [3.8, 4) is 5.75 Å². The van der Waals surface area contributed by atoms with E-state index in [1.165, 1.54) is 11.0 Å². The molecule has 0 spiro atoms. The van der Waals surface area contributed by atoms with Crippen LogP contribution in [0.5, 0.6) is 5.75 Å². The molecule has 7 nitrogen and oxygen atoms in total. The Morgan fingerprint density at radius 3 is 2.25 bits per heavy atom. The van der Waals surface area contributed by atoms with E-state index < -0.39 is 48.7 Å². The second kappa shape index (κ2) is 8.65. The number of sulfone groups is 1. The van der Waals surface area contributed by atoms with Crippen LogP contribution in [0.15, 0.2) is 53.4 Å². The Balaban J connectivity index is 2.24. The third kappa shape index (κ3) is 4.49. The smallest absolute Gasteiger partial charge is 0.376 e. The van der Waals surface area contributed by atoms with Gasteiger partial charge in [-0.2, -0.15) is 21.6 Å². The lowest BCUT2D eigenvalue weighted by atomic mass is 9.97. The highest BCUT2D eigenvalue weighted by Gasteiger charge is 2.49. The zero-order chi connectivity index (χ0) is 23.9. The molecule has 176 valence electrons. The van der Waals surface area contributed by atoms with Gasteiger partial charge in [-0.3, -0.25) is 4.90 Å². The van der Waals surface area contributed by atoms with E-state index in [2.05, 4.69) is 9.50 Å². The van der Waals surface area contributed by atoms with Gasteiger partial charge >= 0.3 is 15.6 Å². The number of halogens is 3. The van der Waals surface area contributed by atoms with Gasteiger partial charge in [-0.15, -0.1) is 0 Å². The first-order valence-electron chi connectivity index (χ1n) is 9.65. The van der Waals surface area contributed by atoms with Gasteiger partial charge in [0, 0.05) is 12.1 Å². The standard InChI is InChI=1S/C20H23F3N2O5S2/c1-4-16-19(25(2)3)31(26,27)17-12-14(30-32(28,29)20(21,22)23)10-11-15(17)18(24-16)13-8-6-5-7-9-13/h5-12,16,18-19,24H,4H2,1-3H3. The van der Waals surface area contributed by atoms with Crippen LogP contribution in [-0.4, -0.2) is 52.8 Å². The molecule has 0 fully saturated rings. The highest BCUT2D eigenvalue weighted by molar-refractivity contribution is 7.92. The van der Waals surface area contributed by atoms with Gasteiger partial charge in [-0.25, -0.2) is 8.42 Å². The number of rotatable bonds is 5. The molecule has 0 aliphatic carbocycles. The lowest BCUT2D eigenvalue weighted by Crippen LogP contribution is -2.50. The first-order valence-corrected chi connectivity index (χ1v) is 12.6. The molecule has 3 rings (SSSR count). The zero-order valence-corrected chi connectivity index (χ0v) is 19.1. The second-order valence-corrected chi connectivity index (χ2v) is 11.2. The lowest BCUT2D eigenvalue weighted by molar-refractivity contribution is -0.0500. The molecule has 0 saturated heterocycles. The maximum Gasteiger partial charge on any atom is 0.534 e. The number of fused-ring (bicyclic) bond motifs is 1. The molecule has 3 unspecified atom stereocenters. The molecule has 0 bridgehead atoms. The van der Waals surface area contributed by atoms with Crippen LogP contribution in [0.4, 0.5) is 13.2 Å². The predicted octanol–water partition coefficient (Wildman–Crippen LogP) is 3.05. The fourth-order valence-electron chi connectivity index (χ4n) is 3.84. The number of alkyl halides is 3. The van der Waals surface area contributed by atoms with Gasteiger partial charge in [0.15, 0.2) is 9.84 Å². The summed E-state index contributed by atoms with van der Waals surface area (Å²) in [4.78, 5) is 1.22. The van der Waals surface area contributed by atoms with Crippen molar-refractivity contribution in [1.82, 2.24) is 10.2 Å². The third-order valence-corrected chi connectivity index (χ3v) is 8.55. The summed E-state index contributed by atoms with van der Waals surface area (Å²) in [5.74, 6) is -0.732. The molecular weight excluding hydrogens is 469 g/mol. The molecule has 2 aromatic carbocycles. The van der Waals surface area contributed by atoms with Crippen LogP contribution in [0.2, 0.25) is 0 Å². The van der Waals surface area contributed by atoms with Crippen LogP contribution >= 0.6 is 0 Å². The first kappa shape index (κ1) is 24.5. The number of hydrogen-bond acceptors (Lipinski definition) is 7. The number of nitrogens with zero attached hydrogens (tertiary/aromatic N) is 1. The van der Waals surface area contributed by atoms with E-state index in [0.717, 1.165) is 17.7 Å².